The second-order valence-electron chi connectivity index (χ2n) is 2.71. The summed E-state index contributed by atoms with van der Waals surface area (Å²) in [5, 5.41) is 3.73. The fraction of sp³-hybridized carbons (Fsp3) is 0.111. The van der Waals surface area contributed by atoms with Crippen LogP contribution in [0.25, 0.3) is 11.4 Å². The van der Waals surface area contributed by atoms with E-state index < -0.39 is 0 Å². The van der Waals surface area contributed by atoms with E-state index in [2.05, 4.69) is 10.1 Å². The van der Waals surface area contributed by atoms with Crippen molar-refractivity contribution >= 4 is 5.69 Å². The molecular weight excluding hydrogens is 182 g/mol. The van der Waals surface area contributed by atoms with Crippen LogP contribution in [-0.2, 0) is 0 Å². The van der Waals surface area contributed by atoms with Gasteiger partial charge < -0.3 is 10.5 Å². The second-order valence-corrected chi connectivity index (χ2v) is 2.71. The summed E-state index contributed by atoms with van der Waals surface area (Å²) in [7, 11) is 1.47. The van der Waals surface area contributed by atoms with Crippen LogP contribution in [0.15, 0.2) is 28.8 Å². The Kier molecular flexibility index (Phi) is 2.06. The Morgan fingerprint density at radius 2 is 2.29 bits per heavy atom. The zero-order chi connectivity index (χ0) is 9.97. The van der Waals surface area contributed by atoms with Gasteiger partial charge in [0.25, 0.3) is 0 Å². The molecule has 2 aromatic rings. The van der Waals surface area contributed by atoms with Gasteiger partial charge in [-0.3, -0.25) is 4.52 Å². The van der Waals surface area contributed by atoms with E-state index in [4.69, 9.17) is 15.0 Å². The molecule has 72 valence electrons. The molecule has 0 spiro atoms. The highest BCUT2D eigenvalue weighted by atomic mass is 16.6. The van der Waals surface area contributed by atoms with E-state index in [0.717, 1.165) is 5.56 Å². The molecule has 14 heavy (non-hydrogen) atoms. The van der Waals surface area contributed by atoms with Gasteiger partial charge in [0.1, 0.15) is 0 Å². The average Bonchev–Trinajstić information content (AvgIpc) is 2.66. The summed E-state index contributed by atoms with van der Waals surface area (Å²) in [6.07, 6.45) is 0.141. The lowest BCUT2D eigenvalue weighted by Gasteiger charge is -1.94. The van der Waals surface area contributed by atoms with E-state index in [1.54, 1.807) is 12.1 Å². The molecule has 0 aliphatic heterocycles. The minimum absolute atomic E-state index is 0.141. The zero-order valence-electron chi connectivity index (χ0n) is 7.60. The fourth-order valence-electron chi connectivity index (χ4n) is 1.09. The summed E-state index contributed by atoms with van der Waals surface area (Å²) in [5.41, 5.74) is 7.08. The predicted molar refractivity (Wildman–Crippen MR) is 50.7 cm³/mol. The molecule has 2 rings (SSSR count). The minimum atomic E-state index is 0.141. The Balaban J connectivity index is 2.39. The number of nitrogens with zero attached hydrogens (tertiary/aromatic N) is 2. The van der Waals surface area contributed by atoms with E-state index >= 15 is 0 Å². The largest absolute Gasteiger partial charge is 0.452 e. The van der Waals surface area contributed by atoms with Crippen LogP contribution in [-0.4, -0.2) is 17.3 Å². The van der Waals surface area contributed by atoms with E-state index in [9.17, 15) is 0 Å². The Labute approximate surface area is 80.5 Å². The highest BCUT2D eigenvalue weighted by molar-refractivity contribution is 5.60. The van der Waals surface area contributed by atoms with Gasteiger partial charge in [-0.25, -0.2) is 0 Å². The van der Waals surface area contributed by atoms with Crippen molar-refractivity contribution in [3.05, 3.63) is 24.3 Å². The first-order valence-corrected chi connectivity index (χ1v) is 4.03. The van der Waals surface area contributed by atoms with Crippen LogP contribution in [0.5, 0.6) is 6.08 Å². The number of nitrogens with two attached hydrogens (primary N) is 1. The van der Waals surface area contributed by atoms with Crippen LogP contribution in [0.2, 0.25) is 0 Å². The van der Waals surface area contributed by atoms with Gasteiger partial charge >= 0.3 is 6.08 Å². The fourth-order valence-corrected chi connectivity index (χ4v) is 1.09. The van der Waals surface area contributed by atoms with Gasteiger partial charge in [0.2, 0.25) is 5.82 Å². The molecule has 0 aliphatic rings. The molecule has 1 heterocycles. The third-order valence-corrected chi connectivity index (χ3v) is 1.73. The van der Waals surface area contributed by atoms with Gasteiger partial charge in [-0.05, 0) is 12.1 Å². The molecule has 0 saturated carbocycles. The second kappa shape index (κ2) is 3.37. The lowest BCUT2D eigenvalue weighted by molar-refractivity contribution is 0.250. The van der Waals surface area contributed by atoms with Crippen molar-refractivity contribution < 1.29 is 9.26 Å². The van der Waals surface area contributed by atoms with Crippen molar-refractivity contribution in [3.8, 4) is 17.5 Å². The van der Waals surface area contributed by atoms with Gasteiger partial charge in [-0.1, -0.05) is 17.3 Å². The van der Waals surface area contributed by atoms with Gasteiger partial charge in [0.05, 0.1) is 7.11 Å². The number of benzene rings is 1. The van der Waals surface area contributed by atoms with E-state index in [1.165, 1.54) is 7.11 Å². The molecule has 1 aromatic carbocycles. The van der Waals surface area contributed by atoms with Crippen LogP contribution >= 0.6 is 0 Å². The summed E-state index contributed by atoms with van der Waals surface area (Å²) in [4.78, 5) is 3.98. The maximum Gasteiger partial charge on any atom is 0.417 e. The third-order valence-electron chi connectivity index (χ3n) is 1.73. The van der Waals surface area contributed by atoms with Crippen molar-refractivity contribution in [3.63, 3.8) is 0 Å². The summed E-state index contributed by atoms with van der Waals surface area (Å²) in [6.45, 7) is 0. The number of hydrogen-bond donors (Lipinski definition) is 1. The molecule has 5 nitrogen and oxygen atoms in total. The first-order chi connectivity index (χ1) is 6.79. The summed E-state index contributed by atoms with van der Waals surface area (Å²) in [5.74, 6) is 0.467. The monoisotopic (exact) mass is 191 g/mol. The maximum atomic E-state index is 5.62. The molecule has 0 bridgehead atoms. The molecule has 5 heteroatoms. The Bertz CT molecular complexity index is 439. The van der Waals surface area contributed by atoms with E-state index in [1.807, 2.05) is 12.1 Å². The van der Waals surface area contributed by atoms with Crippen molar-refractivity contribution in [2.75, 3.05) is 12.8 Å². The van der Waals surface area contributed by atoms with Crippen molar-refractivity contribution in [1.29, 1.82) is 0 Å². The molecule has 1 aromatic heterocycles. The zero-order valence-corrected chi connectivity index (χ0v) is 7.60. The molecule has 0 radical (unpaired) electrons. The quantitative estimate of drug-likeness (QED) is 0.725. The Hall–Kier alpha value is -2.04. The molecule has 0 amide bonds. The van der Waals surface area contributed by atoms with Crippen molar-refractivity contribution in [2.24, 2.45) is 0 Å². The first kappa shape index (κ1) is 8.55. The summed E-state index contributed by atoms with van der Waals surface area (Å²) >= 11 is 0. The Morgan fingerprint density at radius 1 is 1.43 bits per heavy atom. The number of rotatable bonds is 2. The van der Waals surface area contributed by atoms with E-state index in [-0.39, 0.29) is 6.08 Å². The minimum Gasteiger partial charge on any atom is -0.452 e. The first-order valence-electron chi connectivity index (χ1n) is 4.03. The highest BCUT2D eigenvalue weighted by Crippen LogP contribution is 2.20. The number of nitrogen functional groups attached to an aromatic ring is 1. The number of aromatic nitrogens is 2. The molecular formula is C9H9N3O2. The molecule has 2 N–H and O–H groups in total. The van der Waals surface area contributed by atoms with Crippen molar-refractivity contribution in [1.82, 2.24) is 10.1 Å². The summed E-state index contributed by atoms with van der Waals surface area (Å²) in [6, 6.07) is 7.24. The van der Waals surface area contributed by atoms with E-state index in [0.29, 0.717) is 11.5 Å². The predicted octanol–water partition coefficient (Wildman–Crippen LogP) is 1.33. The van der Waals surface area contributed by atoms with Gasteiger partial charge in [0.15, 0.2) is 0 Å². The third kappa shape index (κ3) is 1.52. The molecule has 0 atom stereocenters. The topological polar surface area (TPSA) is 74.2 Å². The Morgan fingerprint density at radius 3 is 2.93 bits per heavy atom. The summed E-state index contributed by atoms with van der Waals surface area (Å²) < 4.78 is 9.56. The lowest BCUT2D eigenvalue weighted by atomic mass is 10.2. The molecule has 0 unspecified atom stereocenters. The normalized spacial score (nSPS) is 10.1. The number of hydrogen-bond acceptors (Lipinski definition) is 5. The number of ether oxygens (including phenoxy) is 1. The molecule has 0 aliphatic carbocycles. The van der Waals surface area contributed by atoms with Crippen molar-refractivity contribution in [2.45, 2.75) is 0 Å². The van der Waals surface area contributed by atoms with Crippen LogP contribution in [0.1, 0.15) is 0 Å². The smallest absolute Gasteiger partial charge is 0.417 e. The maximum absolute atomic E-state index is 5.62. The number of anilines is 1. The molecule has 0 saturated heterocycles. The number of methoxy groups -OCH3 is 1. The molecule has 0 fully saturated rings. The van der Waals surface area contributed by atoms with Gasteiger partial charge in [-0.2, -0.15) is 4.98 Å². The van der Waals surface area contributed by atoms with Crippen LogP contribution in [0.4, 0.5) is 5.69 Å². The van der Waals surface area contributed by atoms with Gasteiger partial charge in [0, 0.05) is 11.3 Å². The lowest BCUT2D eigenvalue weighted by Crippen LogP contribution is -1.86. The van der Waals surface area contributed by atoms with Gasteiger partial charge in [-0.15, -0.1) is 0 Å². The average molecular weight is 191 g/mol. The SMILES string of the molecule is COc1nc(-c2cccc(N)c2)no1. The van der Waals surface area contributed by atoms with Crippen LogP contribution in [0.3, 0.4) is 0 Å². The van der Waals surface area contributed by atoms with Crippen LogP contribution < -0.4 is 10.5 Å². The standard InChI is InChI=1S/C9H9N3O2/c1-13-9-11-8(12-14-9)6-3-2-4-7(10)5-6/h2-5H,10H2,1H3. The highest BCUT2D eigenvalue weighted by Gasteiger charge is 2.07. The van der Waals surface area contributed by atoms with Crippen LogP contribution in [0, 0.1) is 0 Å².